The number of nitrogens with zero attached hydrogens (tertiary/aromatic N) is 1. The molecule has 0 aliphatic carbocycles. The minimum Gasteiger partial charge on any atom is -0.385 e. The van der Waals surface area contributed by atoms with E-state index in [1.54, 1.807) is 11.3 Å². The highest BCUT2D eigenvalue weighted by atomic mass is 32.1. The summed E-state index contributed by atoms with van der Waals surface area (Å²) in [4.78, 5) is 3.76. The van der Waals surface area contributed by atoms with Crippen LogP contribution in [0.3, 0.4) is 0 Å². The van der Waals surface area contributed by atoms with Gasteiger partial charge < -0.3 is 10.0 Å². The summed E-state index contributed by atoms with van der Waals surface area (Å²) >= 11 is 1.75. The van der Waals surface area contributed by atoms with Gasteiger partial charge in [-0.3, -0.25) is 0 Å². The Morgan fingerprint density at radius 2 is 2.40 bits per heavy atom. The van der Waals surface area contributed by atoms with Crippen LogP contribution in [0.4, 0.5) is 0 Å². The van der Waals surface area contributed by atoms with Crippen LogP contribution < -0.4 is 0 Å². The van der Waals surface area contributed by atoms with Crippen molar-refractivity contribution in [3.05, 3.63) is 21.9 Å². The Morgan fingerprint density at radius 3 is 3.13 bits per heavy atom. The van der Waals surface area contributed by atoms with Gasteiger partial charge in [0.1, 0.15) is 0 Å². The number of aryl methyl sites for hydroxylation is 1. The van der Waals surface area contributed by atoms with Gasteiger partial charge in [-0.1, -0.05) is 0 Å². The lowest BCUT2D eigenvalue weighted by molar-refractivity contribution is -0.0503. The summed E-state index contributed by atoms with van der Waals surface area (Å²) in [6, 6.07) is 2.12. The van der Waals surface area contributed by atoms with Crippen LogP contribution in [0.5, 0.6) is 0 Å². The summed E-state index contributed by atoms with van der Waals surface area (Å²) in [5, 5.41) is 13.0. The van der Waals surface area contributed by atoms with Gasteiger partial charge in [0.15, 0.2) is 0 Å². The van der Waals surface area contributed by atoms with Crippen LogP contribution in [-0.2, 0) is 5.60 Å². The Labute approximate surface area is 94.5 Å². The molecule has 0 spiro atoms. The number of hydrogen-bond acceptors (Lipinski definition) is 3. The van der Waals surface area contributed by atoms with Crippen molar-refractivity contribution in [1.82, 2.24) is 4.90 Å². The highest BCUT2D eigenvalue weighted by Crippen LogP contribution is 2.44. The van der Waals surface area contributed by atoms with E-state index in [0.29, 0.717) is 5.92 Å². The van der Waals surface area contributed by atoms with E-state index in [1.165, 1.54) is 17.0 Å². The molecule has 3 rings (SSSR count). The fourth-order valence-electron chi connectivity index (χ4n) is 3.15. The molecule has 3 heteroatoms. The van der Waals surface area contributed by atoms with Gasteiger partial charge in [0, 0.05) is 23.9 Å². The topological polar surface area (TPSA) is 23.5 Å². The maximum absolute atomic E-state index is 10.9. The predicted octanol–water partition coefficient (Wildman–Crippen LogP) is 1.97. The first-order valence-electron chi connectivity index (χ1n) is 5.69. The van der Waals surface area contributed by atoms with Crippen LogP contribution in [0.2, 0.25) is 0 Å². The van der Waals surface area contributed by atoms with Gasteiger partial charge in [-0.05, 0) is 43.3 Å². The molecule has 0 aromatic carbocycles. The predicted molar refractivity (Wildman–Crippen MR) is 62.1 cm³/mol. The third kappa shape index (κ3) is 1.37. The molecule has 3 atom stereocenters. The van der Waals surface area contributed by atoms with Crippen LogP contribution in [0.25, 0.3) is 0 Å². The molecule has 3 heterocycles. The SMILES string of the molecule is Cc1sccc1C1(O)CCN2CCC1C2. The summed E-state index contributed by atoms with van der Waals surface area (Å²) in [5.41, 5.74) is 0.663. The van der Waals surface area contributed by atoms with E-state index in [2.05, 4.69) is 23.3 Å². The summed E-state index contributed by atoms with van der Waals surface area (Å²) in [6.45, 7) is 5.45. The maximum Gasteiger partial charge on any atom is 0.0960 e. The van der Waals surface area contributed by atoms with Gasteiger partial charge >= 0.3 is 0 Å². The van der Waals surface area contributed by atoms with Crippen LogP contribution in [0.15, 0.2) is 11.4 Å². The van der Waals surface area contributed by atoms with Crippen molar-refractivity contribution in [2.75, 3.05) is 19.6 Å². The summed E-state index contributed by atoms with van der Waals surface area (Å²) < 4.78 is 0. The van der Waals surface area contributed by atoms with Gasteiger partial charge in [-0.2, -0.15) is 0 Å². The van der Waals surface area contributed by atoms with Crippen molar-refractivity contribution in [1.29, 1.82) is 0 Å². The van der Waals surface area contributed by atoms with Crippen LogP contribution in [0.1, 0.15) is 23.3 Å². The molecule has 0 saturated carbocycles. The maximum atomic E-state index is 10.9. The van der Waals surface area contributed by atoms with E-state index in [1.807, 2.05) is 0 Å². The number of aliphatic hydroxyl groups is 1. The molecule has 2 aliphatic rings. The second-order valence-electron chi connectivity index (χ2n) is 4.85. The Hall–Kier alpha value is -0.380. The van der Waals surface area contributed by atoms with Gasteiger partial charge in [-0.25, -0.2) is 0 Å². The van der Waals surface area contributed by atoms with Crippen molar-refractivity contribution < 1.29 is 5.11 Å². The molecule has 2 aliphatic heterocycles. The third-order valence-corrected chi connectivity index (χ3v) is 4.93. The summed E-state index contributed by atoms with van der Waals surface area (Å²) in [5.74, 6) is 0.458. The van der Waals surface area contributed by atoms with Gasteiger partial charge in [0.2, 0.25) is 0 Å². The lowest BCUT2D eigenvalue weighted by Gasteiger charge is -2.39. The highest BCUT2D eigenvalue weighted by molar-refractivity contribution is 7.10. The molecule has 0 radical (unpaired) electrons. The number of thiophene rings is 1. The minimum atomic E-state index is -0.531. The Kier molecular flexibility index (Phi) is 2.16. The highest BCUT2D eigenvalue weighted by Gasteiger charge is 2.46. The standard InChI is InChI=1S/C12H17NOS/c1-9-11(3-7-15-9)12(14)4-6-13-5-2-10(12)8-13/h3,7,10,14H,2,4-6,8H2,1H3. The number of hydrogen-bond donors (Lipinski definition) is 1. The summed E-state index contributed by atoms with van der Waals surface area (Å²) in [7, 11) is 0. The molecule has 3 unspecified atom stereocenters. The minimum absolute atomic E-state index is 0.458. The fraction of sp³-hybridized carbons (Fsp3) is 0.667. The van der Waals surface area contributed by atoms with Crippen molar-refractivity contribution in [3.8, 4) is 0 Å². The average molecular weight is 223 g/mol. The lowest BCUT2D eigenvalue weighted by Crippen LogP contribution is -2.44. The van der Waals surface area contributed by atoms with Crippen molar-refractivity contribution >= 4 is 11.3 Å². The first-order valence-corrected chi connectivity index (χ1v) is 6.57. The van der Waals surface area contributed by atoms with Crippen LogP contribution in [-0.4, -0.2) is 29.6 Å². The number of piperidine rings is 1. The molecule has 2 nitrogen and oxygen atoms in total. The van der Waals surface area contributed by atoms with E-state index in [4.69, 9.17) is 0 Å². The first-order chi connectivity index (χ1) is 7.20. The molecule has 0 amide bonds. The molecule has 82 valence electrons. The molecule has 15 heavy (non-hydrogen) atoms. The largest absolute Gasteiger partial charge is 0.385 e. The first kappa shape index (κ1) is 9.82. The molecular formula is C12H17NOS. The molecule has 1 N–H and O–H groups in total. The second kappa shape index (κ2) is 3.30. The monoisotopic (exact) mass is 223 g/mol. The zero-order valence-corrected chi connectivity index (χ0v) is 9.89. The molecule has 2 bridgehead atoms. The van der Waals surface area contributed by atoms with Gasteiger partial charge in [-0.15, -0.1) is 11.3 Å². The lowest BCUT2D eigenvalue weighted by atomic mass is 9.77. The van der Waals surface area contributed by atoms with Crippen molar-refractivity contribution in [3.63, 3.8) is 0 Å². The normalized spacial score (nSPS) is 39.6. The molecule has 1 aromatic heterocycles. The number of rotatable bonds is 1. The van der Waals surface area contributed by atoms with E-state index >= 15 is 0 Å². The van der Waals surface area contributed by atoms with Crippen molar-refractivity contribution in [2.24, 2.45) is 5.92 Å². The zero-order chi connectivity index (χ0) is 10.5. The van der Waals surface area contributed by atoms with Crippen molar-refractivity contribution in [2.45, 2.75) is 25.4 Å². The molecule has 1 aromatic rings. The Bertz CT molecular complexity index is 375. The second-order valence-corrected chi connectivity index (χ2v) is 5.97. The number of fused-ring (bicyclic) bond motifs is 2. The summed E-state index contributed by atoms with van der Waals surface area (Å²) in [6.07, 6.45) is 2.07. The molecule has 2 saturated heterocycles. The fourth-order valence-corrected chi connectivity index (χ4v) is 3.93. The third-order valence-electron chi connectivity index (χ3n) is 4.08. The van der Waals surface area contributed by atoms with E-state index in [9.17, 15) is 5.11 Å². The van der Waals surface area contributed by atoms with E-state index in [-0.39, 0.29) is 0 Å². The molecular weight excluding hydrogens is 206 g/mol. The average Bonchev–Trinajstić information content (AvgIpc) is 2.81. The molecule has 2 fully saturated rings. The van der Waals surface area contributed by atoms with E-state index < -0.39 is 5.60 Å². The quantitative estimate of drug-likeness (QED) is 0.787. The van der Waals surface area contributed by atoms with Gasteiger partial charge in [0.05, 0.1) is 5.60 Å². The van der Waals surface area contributed by atoms with Crippen LogP contribution >= 0.6 is 11.3 Å². The van der Waals surface area contributed by atoms with Gasteiger partial charge in [0.25, 0.3) is 0 Å². The Morgan fingerprint density at radius 1 is 1.53 bits per heavy atom. The Balaban J connectivity index is 1.99. The smallest absolute Gasteiger partial charge is 0.0960 e. The zero-order valence-electron chi connectivity index (χ0n) is 9.07. The van der Waals surface area contributed by atoms with Crippen LogP contribution in [0, 0.1) is 12.8 Å². The van der Waals surface area contributed by atoms with E-state index in [0.717, 1.165) is 25.9 Å².